The van der Waals surface area contributed by atoms with Gasteiger partial charge in [0.1, 0.15) is 11.3 Å². The molecule has 1 heterocycles. The minimum atomic E-state index is -0.231. The van der Waals surface area contributed by atoms with Gasteiger partial charge in [0.2, 0.25) is 0 Å². The summed E-state index contributed by atoms with van der Waals surface area (Å²) in [7, 11) is 3.15. The maximum atomic E-state index is 11.3. The van der Waals surface area contributed by atoms with E-state index in [4.69, 9.17) is 9.15 Å². The maximum Gasteiger partial charge on any atom is 0.286 e. The van der Waals surface area contributed by atoms with Crippen molar-refractivity contribution in [3.8, 4) is 5.75 Å². The predicted molar refractivity (Wildman–Crippen MR) is 56.2 cm³/mol. The molecule has 0 aliphatic heterocycles. The third kappa shape index (κ3) is 1.66. The average Bonchev–Trinajstić information content (AvgIpc) is 2.70. The molecule has 0 aliphatic carbocycles. The lowest BCUT2D eigenvalue weighted by Crippen LogP contribution is -2.16. The van der Waals surface area contributed by atoms with E-state index in [9.17, 15) is 4.79 Å². The van der Waals surface area contributed by atoms with Crippen LogP contribution in [-0.2, 0) is 0 Å². The number of carbonyl (C=O) groups is 1. The zero-order chi connectivity index (χ0) is 10.8. The Kier molecular flexibility index (Phi) is 2.33. The van der Waals surface area contributed by atoms with Crippen molar-refractivity contribution in [1.82, 2.24) is 5.32 Å². The zero-order valence-electron chi connectivity index (χ0n) is 8.53. The van der Waals surface area contributed by atoms with E-state index >= 15 is 0 Å². The third-order valence-electron chi connectivity index (χ3n) is 2.18. The van der Waals surface area contributed by atoms with Crippen molar-refractivity contribution in [3.63, 3.8) is 0 Å². The van der Waals surface area contributed by atoms with Crippen LogP contribution in [0.2, 0.25) is 0 Å². The SMILES string of the molecule is CNC(=O)c1cc2ccc(OC)cc2o1. The van der Waals surface area contributed by atoms with Crippen LogP contribution < -0.4 is 10.1 Å². The monoisotopic (exact) mass is 205 g/mol. The topological polar surface area (TPSA) is 51.5 Å². The normalized spacial score (nSPS) is 10.3. The molecule has 78 valence electrons. The van der Waals surface area contributed by atoms with Crippen LogP contribution in [0.4, 0.5) is 0 Å². The number of hydrogen-bond acceptors (Lipinski definition) is 3. The molecule has 2 aromatic rings. The predicted octanol–water partition coefficient (Wildman–Crippen LogP) is 1.80. The number of methoxy groups -OCH3 is 1. The van der Waals surface area contributed by atoms with Crippen LogP contribution in [0.15, 0.2) is 28.7 Å². The molecule has 0 saturated heterocycles. The first-order valence-electron chi connectivity index (χ1n) is 4.54. The van der Waals surface area contributed by atoms with Gasteiger partial charge in [-0.25, -0.2) is 0 Å². The first kappa shape index (κ1) is 9.58. The summed E-state index contributed by atoms with van der Waals surface area (Å²) in [6.45, 7) is 0. The number of nitrogens with one attached hydrogen (secondary N) is 1. The van der Waals surface area contributed by atoms with Crippen molar-refractivity contribution in [3.05, 3.63) is 30.0 Å². The first-order chi connectivity index (χ1) is 7.24. The summed E-state index contributed by atoms with van der Waals surface area (Å²) in [5, 5.41) is 3.39. The lowest BCUT2D eigenvalue weighted by Gasteiger charge is -1.96. The number of rotatable bonds is 2. The highest BCUT2D eigenvalue weighted by Gasteiger charge is 2.10. The molecule has 0 aliphatic rings. The molecule has 1 N–H and O–H groups in total. The Morgan fingerprint density at radius 2 is 2.20 bits per heavy atom. The van der Waals surface area contributed by atoms with Crippen LogP contribution in [-0.4, -0.2) is 20.1 Å². The molecule has 4 nitrogen and oxygen atoms in total. The molecule has 1 amide bonds. The Balaban J connectivity index is 2.51. The summed E-state index contributed by atoms with van der Waals surface area (Å²) < 4.78 is 10.4. The number of fused-ring (bicyclic) bond motifs is 1. The van der Waals surface area contributed by atoms with Crippen molar-refractivity contribution in [2.45, 2.75) is 0 Å². The van der Waals surface area contributed by atoms with Gasteiger partial charge in [-0.05, 0) is 18.2 Å². The highest BCUT2D eigenvalue weighted by molar-refractivity contribution is 5.96. The van der Waals surface area contributed by atoms with E-state index in [0.29, 0.717) is 17.1 Å². The van der Waals surface area contributed by atoms with Crippen molar-refractivity contribution < 1.29 is 13.9 Å². The van der Waals surface area contributed by atoms with Gasteiger partial charge in [0.15, 0.2) is 5.76 Å². The van der Waals surface area contributed by atoms with Crippen molar-refractivity contribution >= 4 is 16.9 Å². The van der Waals surface area contributed by atoms with E-state index in [-0.39, 0.29) is 5.91 Å². The molecule has 0 fully saturated rings. The summed E-state index contributed by atoms with van der Waals surface area (Å²) in [5.41, 5.74) is 0.646. The smallest absolute Gasteiger partial charge is 0.286 e. The Bertz CT molecular complexity index is 502. The number of furan rings is 1. The third-order valence-corrected chi connectivity index (χ3v) is 2.18. The molecule has 15 heavy (non-hydrogen) atoms. The molecule has 0 radical (unpaired) electrons. The van der Waals surface area contributed by atoms with E-state index < -0.39 is 0 Å². The average molecular weight is 205 g/mol. The Morgan fingerprint density at radius 1 is 1.40 bits per heavy atom. The van der Waals surface area contributed by atoms with E-state index in [1.807, 2.05) is 12.1 Å². The highest BCUT2D eigenvalue weighted by atomic mass is 16.5. The molecule has 1 aromatic carbocycles. The van der Waals surface area contributed by atoms with Crippen molar-refractivity contribution in [2.75, 3.05) is 14.2 Å². The van der Waals surface area contributed by atoms with Gasteiger partial charge in [0, 0.05) is 18.5 Å². The molecule has 4 heteroatoms. The van der Waals surface area contributed by atoms with Crippen LogP contribution in [0.5, 0.6) is 5.75 Å². The van der Waals surface area contributed by atoms with E-state index in [1.54, 1.807) is 26.3 Å². The molecule has 1 aromatic heterocycles. The number of ether oxygens (including phenoxy) is 1. The van der Waals surface area contributed by atoms with Gasteiger partial charge in [-0.1, -0.05) is 0 Å². The lowest BCUT2D eigenvalue weighted by molar-refractivity contribution is 0.0938. The summed E-state index contributed by atoms with van der Waals surface area (Å²) in [4.78, 5) is 11.3. The molecular weight excluding hydrogens is 194 g/mol. The Hall–Kier alpha value is -1.97. The van der Waals surface area contributed by atoms with E-state index in [0.717, 1.165) is 5.39 Å². The number of amides is 1. The van der Waals surface area contributed by atoms with Gasteiger partial charge in [-0.2, -0.15) is 0 Å². The van der Waals surface area contributed by atoms with E-state index in [1.165, 1.54) is 0 Å². The minimum Gasteiger partial charge on any atom is -0.497 e. The second-order valence-corrected chi connectivity index (χ2v) is 3.09. The van der Waals surface area contributed by atoms with Crippen molar-refractivity contribution in [2.24, 2.45) is 0 Å². The molecule has 0 atom stereocenters. The van der Waals surface area contributed by atoms with Crippen LogP contribution in [0.1, 0.15) is 10.6 Å². The zero-order valence-corrected chi connectivity index (χ0v) is 8.53. The molecular formula is C11H11NO3. The van der Waals surface area contributed by atoms with Gasteiger partial charge in [0.25, 0.3) is 5.91 Å². The summed E-state index contributed by atoms with van der Waals surface area (Å²) in [6, 6.07) is 7.13. The Morgan fingerprint density at radius 3 is 2.87 bits per heavy atom. The van der Waals surface area contributed by atoms with Crippen LogP contribution >= 0.6 is 0 Å². The fourth-order valence-corrected chi connectivity index (χ4v) is 1.37. The fourth-order valence-electron chi connectivity index (χ4n) is 1.37. The van der Waals surface area contributed by atoms with Gasteiger partial charge in [-0.15, -0.1) is 0 Å². The molecule has 0 saturated carbocycles. The fraction of sp³-hybridized carbons (Fsp3) is 0.182. The maximum absolute atomic E-state index is 11.3. The van der Waals surface area contributed by atoms with Crippen LogP contribution in [0.3, 0.4) is 0 Å². The van der Waals surface area contributed by atoms with Gasteiger partial charge < -0.3 is 14.5 Å². The quantitative estimate of drug-likeness (QED) is 0.813. The second kappa shape index (κ2) is 3.65. The standard InChI is InChI=1S/C11H11NO3/c1-12-11(13)10-5-7-3-4-8(14-2)6-9(7)15-10/h3-6H,1-2H3,(H,12,13). The second-order valence-electron chi connectivity index (χ2n) is 3.09. The molecule has 0 unspecified atom stereocenters. The summed E-state index contributed by atoms with van der Waals surface area (Å²) in [6.07, 6.45) is 0. The number of benzene rings is 1. The largest absolute Gasteiger partial charge is 0.497 e. The molecule has 0 bridgehead atoms. The van der Waals surface area contributed by atoms with Crippen LogP contribution in [0, 0.1) is 0 Å². The molecule has 0 spiro atoms. The minimum absolute atomic E-state index is 0.231. The Labute approximate surface area is 86.8 Å². The number of hydrogen-bond donors (Lipinski definition) is 1. The highest BCUT2D eigenvalue weighted by Crippen LogP contribution is 2.23. The first-order valence-corrected chi connectivity index (χ1v) is 4.54. The van der Waals surface area contributed by atoms with E-state index in [2.05, 4.69) is 5.32 Å². The number of carbonyl (C=O) groups excluding carboxylic acids is 1. The lowest BCUT2D eigenvalue weighted by atomic mass is 10.2. The van der Waals surface area contributed by atoms with Crippen molar-refractivity contribution in [1.29, 1.82) is 0 Å². The van der Waals surface area contributed by atoms with Gasteiger partial charge in [-0.3, -0.25) is 4.79 Å². The van der Waals surface area contributed by atoms with Gasteiger partial charge in [0.05, 0.1) is 7.11 Å². The molecule has 2 rings (SSSR count). The summed E-state index contributed by atoms with van der Waals surface area (Å²) in [5.74, 6) is 0.784. The van der Waals surface area contributed by atoms with Crippen LogP contribution in [0.25, 0.3) is 11.0 Å². The van der Waals surface area contributed by atoms with Gasteiger partial charge >= 0.3 is 0 Å². The summed E-state index contributed by atoms with van der Waals surface area (Å²) >= 11 is 0.